The maximum absolute atomic E-state index is 13.0. The van der Waals surface area contributed by atoms with E-state index < -0.39 is 75.6 Å². The Morgan fingerprint density at radius 1 is 1.21 bits per heavy atom. The number of carboxylic acid groups (broad SMARTS) is 1. The molecule has 4 atom stereocenters. The minimum Gasteiger partial charge on any atom is -0.480 e. The van der Waals surface area contributed by atoms with Crippen molar-refractivity contribution in [2.75, 3.05) is 18.6 Å². The highest BCUT2D eigenvalue weighted by molar-refractivity contribution is 7.90. The molecule has 1 aromatic rings. The molecule has 158 valence electrons. The third-order valence-electron chi connectivity index (χ3n) is 5.09. The van der Waals surface area contributed by atoms with Crippen LogP contribution in [0.5, 0.6) is 0 Å². The normalized spacial score (nSPS) is 27.4. The zero-order valence-electron chi connectivity index (χ0n) is 15.0. The number of rotatable bonds is 5. The lowest BCUT2D eigenvalue weighted by Gasteiger charge is -2.21. The fourth-order valence-electron chi connectivity index (χ4n) is 3.79. The summed E-state index contributed by atoms with van der Waals surface area (Å²) in [5, 5.41) is 12.0. The average molecular weight is 434 g/mol. The standard InChI is InChI=1S/C17H17F3N2O6S/c1-29(27,28)6-5-22-14(23)10-11(15(22)24)13(16(25)26)21-12(10)8-3-2-4-9(7-8)17(18,19)20/h2-4,7,10-13,21H,5-6H2,1H3,(H,25,26). The molecule has 2 saturated heterocycles. The second-order valence-electron chi connectivity index (χ2n) is 7.09. The van der Waals surface area contributed by atoms with Crippen molar-refractivity contribution in [3.05, 3.63) is 35.4 Å². The zero-order chi connectivity index (χ0) is 21.7. The fourth-order valence-corrected chi connectivity index (χ4v) is 4.30. The van der Waals surface area contributed by atoms with Crippen LogP contribution in [0, 0.1) is 11.8 Å². The van der Waals surface area contributed by atoms with Crippen molar-refractivity contribution in [1.82, 2.24) is 10.2 Å². The lowest BCUT2D eigenvalue weighted by atomic mass is 9.86. The summed E-state index contributed by atoms with van der Waals surface area (Å²) < 4.78 is 61.9. The Morgan fingerprint density at radius 3 is 2.38 bits per heavy atom. The number of carbonyl (C=O) groups is 3. The van der Waals surface area contributed by atoms with Crippen molar-refractivity contribution in [2.24, 2.45) is 11.8 Å². The first-order chi connectivity index (χ1) is 13.3. The van der Waals surface area contributed by atoms with Gasteiger partial charge < -0.3 is 5.11 Å². The molecule has 2 N–H and O–H groups in total. The molecule has 2 fully saturated rings. The minimum atomic E-state index is -4.64. The van der Waals surface area contributed by atoms with Crippen molar-refractivity contribution < 1.29 is 41.1 Å². The predicted molar refractivity (Wildman–Crippen MR) is 92.2 cm³/mol. The summed E-state index contributed by atoms with van der Waals surface area (Å²) in [6.45, 7) is -0.439. The Morgan fingerprint density at radius 2 is 1.83 bits per heavy atom. The summed E-state index contributed by atoms with van der Waals surface area (Å²) in [5.74, 6) is -6.16. The Hall–Kier alpha value is -2.47. The van der Waals surface area contributed by atoms with Gasteiger partial charge in [0.2, 0.25) is 11.8 Å². The highest BCUT2D eigenvalue weighted by atomic mass is 32.2. The molecular formula is C17H17F3N2O6S. The topological polar surface area (TPSA) is 121 Å². The number of amides is 2. The van der Waals surface area contributed by atoms with Crippen molar-refractivity contribution in [1.29, 1.82) is 0 Å². The zero-order valence-corrected chi connectivity index (χ0v) is 15.8. The quantitative estimate of drug-likeness (QED) is 0.646. The maximum Gasteiger partial charge on any atom is 0.416 e. The summed E-state index contributed by atoms with van der Waals surface area (Å²) in [6, 6.07) is 1.46. The molecule has 12 heteroatoms. The van der Waals surface area contributed by atoms with Crippen molar-refractivity contribution in [3.8, 4) is 0 Å². The SMILES string of the molecule is CS(=O)(=O)CCN1C(=O)C2C(C(=O)O)NC(c3cccc(C(F)(F)F)c3)C2C1=O. The molecule has 2 amide bonds. The summed E-state index contributed by atoms with van der Waals surface area (Å²) >= 11 is 0. The van der Waals surface area contributed by atoms with Crippen molar-refractivity contribution in [3.63, 3.8) is 0 Å². The van der Waals surface area contributed by atoms with Gasteiger partial charge in [-0.3, -0.25) is 24.6 Å². The predicted octanol–water partition coefficient (Wildman–Crippen LogP) is 0.449. The second-order valence-corrected chi connectivity index (χ2v) is 9.35. The summed E-state index contributed by atoms with van der Waals surface area (Å²) in [5.41, 5.74) is -0.956. The summed E-state index contributed by atoms with van der Waals surface area (Å²) in [7, 11) is -3.50. The van der Waals surface area contributed by atoms with Crippen LogP contribution in [0.15, 0.2) is 24.3 Å². The van der Waals surface area contributed by atoms with Gasteiger partial charge >= 0.3 is 12.1 Å². The van der Waals surface area contributed by atoms with Crippen molar-refractivity contribution >= 4 is 27.6 Å². The number of imide groups is 1. The van der Waals surface area contributed by atoms with E-state index in [0.29, 0.717) is 4.90 Å². The second kappa shape index (κ2) is 7.10. The highest BCUT2D eigenvalue weighted by Gasteiger charge is 2.61. The third kappa shape index (κ3) is 3.99. The Bertz CT molecular complexity index is 978. The molecule has 2 heterocycles. The number of aliphatic carboxylic acids is 1. The van der Waals surface area contributed by atoms with E-state index in [1.807, 2.05) is 0 Å². The first-order valence-corrected chi connectivity index (χ1v) is 10.6. The number of halogens is 3. The lowest BCUT2D eigenvalue weighted by molar-refractivity contribution is -0.145. The van der Waals surface area contributed by atoms with Crippen LogP contribution in [-0.2, 0) is 30.4 Å². The molecule has 3 rings (SSSR count). The minimum absolute atomic E-state index is 0.0182. The van der Waals surface area contributed by atoms with E-state index in [9.17, 15) is 41.1 Å². The van der Waals surface area contributed by atoms with Crippen LogP contribution < -0.4 is 5.32 Å². The maximum atomic E-state index is 13.0. The van der Waals surface area contributed by atoms with Gasteiger partial charge in [0.1, 0.15) is 15.9 Å². The number of carboxylic acids is 1. The van der Waals surface area contributed by atoms with E-state index in [1.165, 1.54) is 6.07 Å². The van der Waals surface area contributed by atoms with Crippen LogP contribution >= 0.6 is 0 Å². The van der Waals surface area contributed by atoms with Crippen LogP contribution in [0.2, 0.25) is 0 Å². The lowest BCUT2D eigenvalue weighted by Crippen LogP contribution is -2.44. The molecule has 2 aliphatic heterocycles. The van der Waals surface area contributed by atoms with Gasteiger partial charge in [-0.15, -0.1) is 0 Å². The molecule has 0 aromatic heterocycles. The number of nitrogens with one attached hydrogen (secondary N) is 1. The van der Waals surface area contributed by atoms with E-state index in [4.69, 9.17) is 0 Å². The first-order valence-electron chi connectivity index (χ1n) is 8.50. The molecule has 8 nitrogen and oxygen atoms in total. The largest absolute Gasteiger partial charge is 0.480 e. The van der Waals surface area contributed by atoms with Gasteiger partial charge in [-0.2, -0.15) is 13.2 Å². The molecule has 0 bridgehead atoms. The number of carbonyl (C=O) groups excluding carboxylic acids is 2. The number of fused-ring (bicyclic) bond motifs is 1. The van der Waals surface area contributed by atoms with Gasteiger partial charge in [-0.1, -0.05) is 12.1 Å². The molecule has 4 unspecified atom stereocenters. The van der Waals surface area contributed by atoms with E-state index in [2.05, 4.69) is 5.32 Å². The van der Waals surface area contributed by atoms with Crippen molar-refractivity contribution in [2.45, 2.75) is 18.3 Å². The first kappa shape index (κ1) is 21.2. The van der Waals surface area contributed by atoms with Crippen LogP contribution in [0.25, 0.3) is 0 Å². The smallest absolute Gasteiger partial charge is 0.416 e. The molecule has 0 spiro atoms. The number of alkyl halides is 3. The highest BCUT2D eigenvalue weighted by Crippen LogP contribution is 2.44. The third-order valence-corrected chi connectivity index (χ3v) is 6.02. The number of sulfone groups is 1. The molecule has 0 aliphatic carbocycles. The summed E-state index contributed by atoms with van der Waals surface area (Å²) in [6.07, 6.45) is -3.72. The van der Waals surface area contributed by atoms with Crippen LogP contribution in [0.4, 0.5) is 13.2 Å². The van der Waals surface area contributed by atoms with Gasteiger partial charge in [-0.05, 0) is 17.7 Å². The monoisotopic (exact) mass is 434 g/mol. The molecule has 29 heavy (non-hydrogen) atoms. The summed E-state index contributed by atoms with van der Waals surface area (Å²) in [4.78, 5) is 37.8. The van der Waals surface area contributed by atoms with Crippen LogP contribution in [0.3, 0.4) is 0 Å². The van der Waals surface area contributed by atoms with Gasteiger partial charge in [0.25, 0.3) is 0 Å². The number of hydrogen-bond donors (Lipinski definition) is 2. The number of hydrogen-bond acceptors (Lipinski definition) is 6. The fraction of sp³-hybridized carbons (Fsp3) is 0.471. The van der Waals surface area contributed by atoms with Gasteiger partial charge in [0, 0.05) is 18.8 Å². The van der Waals surface area contributed by atoms with E-state index in [-0.39, 0.29) is 5.56 Å². The molecule has 2 aliphatic rings. The number of benzene rings is 1. The van der Waals surface area contributed by atoms with Gasteiger partial charge in [0.05, 0.1) is 23.2 Å². The average Bonchev–Trinajstić information content (AvgIpc) is 3.10. The van der Waals surface area contributed by atoms with E-state index in [0.717, 1.165) is 24.5 Å². The van der Waals surface area contributed by atoms with E-state index >= 15 is 0 Å². The van der Waals surface area contributed by atoms with Gasteiger partial charge in [0.15, 0.2) is 0 Å². The Kier molecular flexibility index (Phi) is 5.20. The molecule has 0 radical (unpaired) electrons. The Labute approximate surface area is 163 Å². The van der Waals surface area contributed by atoms with E-state index in [1.54, 1.807) is 0 Å². The van der Waals surface area contributed by atoms with Crippen LogP contribution in [-0.4, -0.2) is 60.8 Å². The molecule has 1 aromatic carbocycles. The number of likely N-dealkylation sites (tertiary alicyclic amines) is 1. The van der Waals surface area contributed by atoms with Gasteiger partial charge in [-0.25, -0.2) is 8.42 Å². The van der Waals surface area contributed by atoms with Crippen LogP contribution in [0.1, 0.15) is 17.2 Å². The molecule has 0 saturated carbocycles. The molecular weight excluding hydrogens is 417 g/mol. The number of nitrogens with zero attached hydrogens (tertiary/aromatic N) is 1. The Balaban J connectivity index is 1.98.